The second kappa shape index (κ2) is 6.53. The topological polar surface area (TPSA) is 32.3 Å². The summed E-state index contributed by atoms with van der Waals surface area (Å²) in [4.78, 5) is 0. The van der Waals surface area contributed by atoms with Gasteiger partial charge in [0.2, 0.25) is 0 Å². The van der Waals surface area contributed by atoms with Crippen molar-refractivity contribution in [3.63, 3.8) is 0 Å². The number of nitrogens with one attached hydrogen (secondary N) is 1. The van der Waals surface area contributed by atoms with E-state index in [9.17, 15) is 5.11 Å². The Balaban J connectivity index is 2.66. The van der Waals surface area contributed by atoms with Crippen molar-refractivity contribution >= 4 is 15.9 Å². The first-order valence-electron chi connectivity index (χ1n) is 6.19. The molecule has 0 saturated heterocycles. The average Bonchev–Trinajstić information content (AvgIpc) is 2.30. The highest BCUT2D eigenvalue weighted by atomic mass is 79.9. The van der Waals surface area contributed by atoms with Gasteiger partial charge < -0.3 is 10.4 Å². The highest BCUT2D eigenvalue weighted by Gasteiger charge is 2.19. The molecule has 1 aromatic carbocycles. The summed E-state index contributed by atoms with van der Waals surface area (Å²) in [5, 5.41) is 13.4. The van der Waals surface area contributed by atoms with Crippen LogP contribution in [-0.4, -0.2) is 17.3 Å². The standard InChI is InChI=1S/C14H22BrNO/c1-4-13(16-10-14(3,17)5-2)11-7-6-8-12(15)9-11/h6-9,13,16-17H,4-5,10H2,1-3H3. The maximum atomic E-state index is 10.00. The minimum Gasteiger partial charge on any atom is -0.389 e. The Morgan fingerprint density at radius 3 is 2.65 bits per heavy atom. The van der Waals surface area contributed by atoms with Crippen LogP contribution in [0.15, 0.2) is 28.7 Å². The second-order valence-corrected chi connectivity index (χ2v) is 5.66. The van der Waals surface area contributed by atoms with Gasteiger partial charge in [-0.2, -0.15) is 0 Å². The predicted octanol–water partition coefficient (Wildman–Crippen LogP) is 3.65. The van der Waals surface area contributed by atoms with E-state index >= 15 is 0 Å². The van der Waals surface area contributed by atoms with Gasteiger partial charge in [-0.1, -0.05) is 41.9 Å². The molecule has 2 nitrogen and oxygen atoms in total. The molecule has 0 amide bonds. The number of halogens is 1. The Labute approximate surface area is 113 Å². The first-order chi connectivity index (χ1) is 7.98. The van der Waals surface area contributed by atoms with Crippen molar-refractivity contribution in [1.29, 1.82) is 0 Å². The summed E-state index contributed by atoms with van der Waals surface area (Å²) in [6.45, 7) is 6.64. The maximum absolute atomic E-state index is 10.00. The van der Waals surface area contributed by atoms with Crippen LogP contribution in [0.1, 0.15) is 45.2 Å². The lowest BCUT2D eigenvalue weighted by Gasteiger charge is -2.26. The summed E-state index contributed by atoms with van der Waals surface area (Å²) >= 11 is 3.49. The molecule has 17 heavy (non-hydrogen) atoms. The molecular weight excluding hydrogens is 278 g/mol. The normalized spacial score (nSPS) is 16.5. The smallest absolute Gasteiger partial charge is 0.0741 e. The molecule has 1 rings (SSSR count). The highest BCUT2D eigenvalue weighted by molar-refractivity contribution is 9.10. The molecule has 2 unspecified atom stereocenters. The SMILES string of the molecule is CCC(NCC(C)(O)CC)c1cccc(Br)c1. The zero-order chi connectivity index (χ0) is 12.9. The quantitative estimate of drug-likeness (QED) is 0.840. The van der Waals surface area contributed by atoms with E-state index in [2.05, 4.69) is 40.3 Å². The monoisotopic (exact) mass is 299 g/mol. The van der Waals surface area contributed by atoms with E-state index in [1.165, 1.54) is 5.56 Å². The summed E-state index contributed by atoms with van der Waals surface area (Å²) in [6, 6.07) is 8.61. The van der Waals surface area contributed by atoms with E-state index in [0.717, 1.165) is 17.3 Å². The molecule has 0 aromatic heterocycles. The number of rotatable bonds is 6. The van der Waals surface area contributed by atoms with Gasteiger partial charge in [-0.25, -0.2) is 0 Å². The van der Waals surface area contributed by atoms with Gasteiger partial charge >= 0.3 is 0 Å². The molecule has 0 fully saturated rings. The summed E-state index contributed by atoms with van der Waals surface area (Å²) in [7, 11) is 0. The van der Waals surface area contributed by atoms with Gasteiger partial charge in [-0.15, -0.1) is 0 Å². The van der Waals surface area contributed by atoms with Crippen molar-refractivity contribution in [2.24, 2.45) is 0 Å². The Morgan fingerprint density at radius 2 is 2.12 bits per heavy atom. The van der Waals surface area contributed by atoms with E-state index in [1.807, 2.05) is 26.0 Å². The maximum Gasteiger partial charge on any atom is 0.0741 e. The second-order valence-electron chi connectivity index (χ2n) is 4.75. The minimum atomic E-state index is -0.626. The highest BCUT2D eigenvalue weighted by Crippen LogP contribution is 2.21. The molecule has 0 heterocycles. The molecule has 0 spiro atoms. The molecule has 0 radical (unpaired) electrons. The number of hydrogen-bond donors (Lipinski definition) is 2. The first kappa shape index (κ1) is 14.7. The van der Waals surface area contributed by atoms with Crippen molar-refractivity contribution in [1.82, 2.24) is 5.32 Å². The third-order valence-electron chi connectivity index (χ3n) is 3.15. The van der Waals surface area contributed by atoms with Crippen LogP contribution in [0.2, 0.25) is 0 Å². The van der Waals surface area contributed by atoms with Crippen molar-refractivity contribution in [2.75, 3.05) is 6.54 Å². The van der Waals surface area contributed by atoms with Gasteiger partial charge in [0, 0.05) is 17.1 Å². The fourth-order valence-corrected chi connectivity index (χ4v) is 2.11. The van der Waals surface area contributed by atoms with E-state index in [0.29, 0.717) is 12.6 Å². The number of hydrogen-bond acceptors (Lipinski definition) is 2. The minimum absolute atomic E-state index is 0.297. The third kappa shape index (κ3) is 4.78. The lowest BCUT2D eigenvalue weighted by Crippen LogP contribution is -2.38. The van der Waals surface area contributed by atoms with Crippen LogP contribution in [0.4, 0.5) is 0 Å². The Morgan fingerprint density at radius 1 is 1.41 bits per heavy atom. The van der Waals surface area contributed by atoms with E-state index in [1.54, 1.807) is 0 Å². The fourth-order valence-electron chi connectivity index (χ4n) is 1.69. The molecule has 1 aromatic rings. The van der Waals surface area contributed by atoms with Crippen LogP contribution < -0.4 is 5.32 Å². The van der Waals surface area contributed by atoms with Crippen molar-refractivity contribution in [2.45, 2.75) is 45.3 Å². The van der Waals surface area contributed by atoms with Crippen LogP contribution in [0.5, 0.6) is 0 Å². The van der Waals surface area contributed by atoms with E-state index < -0.39 is 5.60 Å². The third-order valence-corrected chi connectivity index (χ3v) is 3.64. The van der Waals surface area contributed by atoms with Crippen LogP contribution in [0.25, 0.3) is 0 Å². The molecule has 2 atom stereocenters. The van der Waals surface area contributed by atoms with Crippen molar-refractivity contribution < 1.29 is 5.11 Å². The molecular formula is C14H22BrNO. The number of aliphatic hydroxyl groups is 1. The van der Waals surface area contributed by atoms with Gasteiger partial charge in [-0.3, -0.25) is 0 Å². The molecule has 2 N–H and O–H groups in total. The largest absolute Gasteiger partial charge is 0.389 e. The Hall–Kier alpha value is -0.380. The van der Waals surface area contributed by atoms with E-state index in [4.69, 9.17) is 0 Å². The first-order valence-corrected chi connectivity index (χ1v) is 6.99. The summed E-state index contributed by atoms with van der Waals surface area (Å²) < 4.78 is 1.09. The van der Waals surface area contributed by atoms with Crippen LogP contribution in [0.3, 0.4) is 0 Å². The molecule has 0 aliphatic heterocycles. The lowest BCUT2D eigenvalue weighted by molar-refractivity contribution is 0.0526. The van der Waals surface area contributed by atoms with E-state index in [-0.39, 0.29) is 0 Å². The Kier molecular flexibility index (Phi) is 5.63. The molecule has 3 heteroatoms. The van der Waals surface area contributed by atoms with Crippen LogP contribution >= 0.6 is 15.9 Å². The molecule has 96 valence electrons. The number of benzene rings is 1. The zero-order valence-corrected chi connectivity index (χ0v) is 12.4. The summed E-state index contributed by atoms with van der Waals surface area (Å²) in [5.41, 5.74) is 0.633. The summed E-state index contributed by atoms with van der Waals surface area (Å²) in [6.07, 6.45) is 1.77. The van der Waals surface area contributed by atoms with Gasteiger partial charge in [0.25, 0.3) is 0 Å². The Bertz CT molecular complexity index is 352. The summed E-state index contributed by atoms with van der Waals surface area (Å²) in [5.74, 6) is 0. The van der Waals surface area contributed by atoms with Crippen molar-refractivity contribution in [3.05, 3.63) is 34.3 Å². The van der Waals surface area contributed by atoms with Gasteiger partial charge in [0.1, 0.15) is 0 Å². The lowest BCUT2D eigenvalue weighted by atomic mass is 10.0. The van der Waals surface area contributed by atoms with Crippen LogP contribution in [0, 0.1) is 0 Å². The van der Waals surface area contributed by atoms with Crippen LogP contribution in [-0.2, 0) is 0 Å². The molecule has 0 saturated carbocycles. The average molecular weight is 300 g/mol. The van der Waals surface area contributed by atoms with Crippen molar-refractivity contribution in [3.8, 4) is 0 Å². The fraction of sp³-hybridized carbons (Fsp3) is 0.571. The van der Waals surface area contributed by atoms with Gasteiger partial charge in [0.15, 0.2) is 0 Å². The molecule has 0 aliphatic carbocycles. The van der Waals surface area contributed by atoms with Gasteiger partial charge in [0.05, 0.1) is 5.60 Å². The molecule has 0 aliphatic rings. The predicted molar refractivity (Wildman–Crippen MR) is 76.1 cm³/mol. The molecule has 0 bridgehead atoms. The van der Waals surface area contributed by atoms with Gasteiger partial charge in [-0.05, 0) is 37.5 Å². The zero-order valence-electron chi connectivity index (χ0n) is 10.8.